The van der Waals surface area contributed by atoms with Crippen molar-refractivity contribution >= 4 is 21.4 Å². The van der Waals surface area contributed by atoms with Gasteiger partial charge in [-0.25, -0.2) is 8.42 Å². The van der Waals surface area contributed by atoms with Crippen molar-refractivity contribution in [3.05, 3.63) is 16.5 Å². The largest absolute Gasteiger partial charge is 0.312 e. The van der Waals surface area contributed by atoms with Crippen LogP contribution in [0.25, 0.3) is 0 Å². The molecule has 0 spiro atoms. The Kier molecular flexibility index (Phi) is 6.64. The molecular formula is C14H26N2O2S2. The van der Waals surface area contributed by atoms with Gasteiger partial charge in [0.2, 0.25) is 0 Å². The lowest BCUT2D eigenvalue weighted by Gasteiger charge is -2.24. The molecule has 20 heavy (non-hydrogen) atoms. The van der Waals surface area contributed by atoms with Crippen molar-refractivity contribution in [3.8, 4) is 0 Å². The Morgan fingerprint density at radius 3 is 2.50 bits per heavy atom. The highest BCUT2D eigenvalue weighted by atomic mass is 32.2. The topological polar surface area (TPSA) is 49.4 Å². The Hall–Kier alpha value is -0.430. The number of aryl methyl sites for hydroxylation is 1. The average Bonchev–Trinajstić information content (AvgIpc) is 2.75. The fourth-order valence-corrected chi connectivity index (χ4v) is 5.44. The summed E-state index contributed by atoms with van der Waals surface area (Å²) in [5.74, 6) is 0. The molecule has 0 saturated heterocycles. The van der Waals surface area contributed by atoms with Gasteiger partial charge in [-0.15, -0.1) is 11.3 Å². The summed E-state index contributed by atoms with van der Waals surface area (Å²) in [5.41, 5.74) is 1.05. The SMILES string of the molecule is CCCN(C(C)C)S(=O)(=O)c1cc(C)c(CNCC)s1. The highest BCUT2D eigenvalue weighted by Gasteiger charge is 2.28. The summed E-state index contributed by atoms with van der Waals surface area (Å²) < 4.78 is 27.5. The van der Waals surface area contributed by atoms with Gasteiger partial charge in [0.1, 0.15) is 4.21 Å². The number of hydrogen-bond donors (Lipinski definition) is 1. The van der Waals surface area contributed by atoms with Crippen LogP contribution in [0.5, 0.6) is 0 Å². The van der Waals surface area contributed by atoms with Crippen molar-refractivity contribution in [1.82, 2.24) is 9.62 Å². The maximum atomic E-state index is 12.7. The van der Waals surface area contributed by atoms with Crippen LogP contribution in [0.2, 0.25) is 0 Å². The van der Waals surface area contributed by atoms with Gasteiger partial charge < -0.3 is 5.32 Å². The second-order valence-electron chi connectivity index (χ2n) is 5.16. The first kappa shape index (κ1) is 17.6. The lowest BCUT2D eigenvalue weighted by atomic mass is 10.3. The van der Waals surface area contributed by atoms with E-state index >= 15 is 0 Å². The molecule has 0 radical (unpaired) electrons. The zero-order valence-corrected chi connectivity index (χ0v) is 14.7. The number of nitrogens with zero attached hydrogens (tertiary/aromatic N) is 1. The van der Waals surface area contributed by atoms with E-state index in [1.807, 2.05) is 34.6 Å². The van der Waals surface area contributed by atoms with Gasteiger partial charge >= 0.3 is 0 Å². The minimum atomic E-state index is -3.37. The van der Waals surface area contributed by atoms with Gasteiger partial charge in [-0.1, -0.05) is 13.8 Å². The number of thiophene rings is 1. The third kappa shape index (κ3) is 4.04. The molecule has 1 aromatic heterocycles. The van der Waals surface area contributed by atoms with Crippen LogP contribution in [0.4, 0.5) is 0 Å². The molecule has 116 valence electrons. The molecule has 1 aromatic rings. The van der Waals surface area contributed by atoms with Gasteiger partial charge in [-0.3, -0.25) is 0 Å². The van der Waals surface area contributed by atoms with Crippen LogP contribution in [0, 0.1) is 6.92 Å². The minimum absolute atomic E-state index is 0.0143. The second kappa shape index (κ2) is 7.54. The molecule has 0 amide bonds. The van der Waals surface area contributed by atoms with Crippen molar-refractivity contribution in [1.29, 1.82) is 0 Å². The van der Waals surface area contributed by atoms with Crippen LogP contribution in [-0.4, -0.2) is 31.9 Å². The first-order chi connectivity index (χ1) is 9.34. The Bertz CT molecular complexity index is 521. The first-order valence-electron chi connectivity index (χ1n) is 7.16. The van der Waals surface area contributed by atoms with Gasteiger partial charge in [-0.2, -0.15) is 4.31 Å². The van der Waals surface area contributed by atoms with Crippen LogP contribution in [-0.2, 0) is 16.6 Å². The molecule has 6 heteroatoms. The molecular weight excluding hydrogens is 292 g/mol. The summed E-state index contributed by atoms with van der Waals surface area (Å²) in [7, 11) is -3.37. The van der Waals surface area contributed by atoms with Gasteiger partial charge in [0.05, 0.1) is 0 Å². The summed E-state index contributed by atoms with van der Waals surface area (Å²) in [4.78, 5) is 1.10. The van der Waals surface area contributed by atoms with Crippen molar-refractivity contribution in [2.45, 2.75) is 57.8 Å². The van der Waals surface area contributed by atoms with Crippen molar-refractivity contribution in [2.24, 2.45) is 0 Å². The van der Waals surface area contributed by atoms with E-state index in [9.17, 15) is 8.42 Å². The molecule has 0 bridgehead atoms. The van der Waals surface area contributed by atoms with Crippen LogP contribution < -0.4 is 5.32 Å². The summed E-state index contributed by atoms with van der Waals surface area (Å²) in [5, 5.41) is 3.25. The van der Waals surface area contributed by atoms with Crippen molar-refractivity contribution in [2.75, 3.05) is 13.1 Å². The number of sulfonamides is 1. The fourth-order valence-electron chi connectivity index (χ4n) is 2.02. The molecule has 0 unspecified atom stereocenters. The zero-order valence-electron chi connectivity index (χ0n) is 13.1. The van der Waals surface area contributed by atoms with E-state index < -0.39 is 10.0 Å². The van der Waals surface area contributed by atoms with Gasteiger partial charge in [0.15, 0.2) is 0 Å². The van der Waals surface area contributed by atoms with Gasteiger partial charge in [0, 0.05) is 24.0 Å². The summed E-state index contributed by atoms with van der Waals surface area (Å²) >= 11 is 1.39. The maximum Gasteiger partial charge on any atom is 0.252 e. The van der Waals surface area contributed by atoms with E-state index in [2.05, 4.69) is 5.32 Å². The third-order valence-electron chi connectivity index (χ3n) is 3.12. The molecule has 0 fully saturated rings. The second-order valence-corrected chi connectivity index (χ2v) is 8.42. The lowest BCUT2D eigenvalue weighted by molar-refractivity contribution is 0.355. The molecule has 0 aromatic carbocycles. The van der Waals surface area contributed by atoms with E-state index in [-0.39, 0.29) is 6.04 Å². The molecule has 4 nitrogen and oxygen atoms in total. The molecule has 0 atom stereocenters. The van der Waals surface area contributed by atoms with Gasteiger partial charge in [-0.05, 0) is 45.4 Å². The van der Waals surface area contributed by atoms with Crippen LogP contribution >= 0.6 is 11.3 Å². The van der Waals surface area contributed by atoms with E-state index in [1.54, 1.807) is 10.4 Å². The summed E-state index contributed by atoms with van der Waals surface area (Å²) in [6.45, 7) is 12.1. The van der Waals surface area contributed by atoms with Crippen molar-refractivity contribution < 1.29 is 8.42 Å². The third-order valence-corrected chi connectivity index (χ3v) is 6.88. The molecule has 0 saturated carbocycles. The smallest absolute Gasteiger partial charge is 0.252 e. The highest BCUT2D eigenvalue weighted by Crippen LogP contribution is 2.29. The lowest BCUT2D eigenvalue weighted by Crippen LogP contribution is -2.37. The van der Waals surface area contributed by atoms with Crippen molar-refractivity contribution in [3.63, 3.8) is 0 Å². The van der Waals surface area contributed by atoms with E-state index in [0.29, 0.717) is 10.8 Å². The number of nitrogens with one attached hydrogen (secondary N) is 1. The normalized spacial score (nSPS) is 12.6. The Morgan fingerprint density at radius 2 is 2.00 bits per heavy atom. The molecule has 1 heterocycles. The molecule has 0 aliphatic heterocycles. The quantitative estimate of drug-likeness (QED) is 0.801. The molecule has 0 aliphatic carbocycles. The highest BCUT2D eigenvalue weighted by molar-refractivity contribution is 7.91. The summed E-state index contributed by atoms with van der Waals surface area (Å²) in [6.07, 6.45) is 0.825. The van der Waals surface area contributed by atoms with Crippen LogP contribution in [0.15, 0.2) is 10.3 Å². The first-order valence-corrected chi connectivity index (χ1v) is 9.42. The van der Waals surface area contributed by atoms with Crippen LogP contribution in [0.3, 0.4) is 0 Å². The Balaban J connectivity index is 3.08. The predicted octanol–water partition coefficient (Wildman–Crippen LogP) is 2.98. The van der Waals surface area contributed by atoms with E-state index in [1.165, 1.54) is 11.3 Å². The maximum absolute atomic E-state index is 12.7. The standard InChI is InChI=1S/C14H26N2O2S2/c1-6-8-16(11(3)4)20(17,18)14-9-12(5)13(19-14)10-15-7-2/h9,11,15H,6-8,10H2,1-5H3. The number of hydrogen-bond acceptors (Lipinski definition) is 4. The average molecular weight is 319 g/mol. The molecule has 0 aliphatic rings. The minimum Gasteiger partial charge on any atom is -0.312 e. The number of rotatable bonds is 8. The predicted molar refractivity (Wildman–Crippen MR) is 85.8 cm³/mol. The Labute approximate surface area is 127 Å². The van der Waals surface area contributed by atoms with E-state index in [0.717, 1.165) is 30.0 Å². The zero-order chi connectivity index (χ0) is 15.3. The fraction of sp³-hybridized carbons (Fsp3) is 0.714. The summed E-state index contributed by atoms with van der Waals surface area (Å²) in [6, 6.07) is 1.79. The molecule has 1 N–H and O–H groups in total. The monoisotopic (exact) mass is 318 g/mol. The van der Waals surface area contributed by atoms with Crippen LogP contribution in [0.1, 0.15) is 44.6 Å². The van der Waals surface area contributed by atoms with E-state index in [4.69, 9.17) is 0 Å². The molecule has 1 rings (SSSR count). The Morgan fingerprint density at radius 1 is 1.35 bits per heavy atom. The van der Waals surface area contributed by atoms with Gasteiger partial charge in [0.25, 0.3) is 10.0 Å².